The Hall–Kier alpha value is -2.49. The Morgan fingerprint density at radius 3 is 2.61 bits per heavy atom. The zero-order chi connectivity index (χ0) is 29.8. The first kappa shape index (κ1) is 31.4. The maximum absolute atomic E-state index is 13.2. The average Bonchev–Trinajstić information content (AvgIpc) is 3.57. The van der Waals surface area contributed by atoms with E-state index in [1.54, 1.807) is 36.1 Å². The van der Waals surface area contributed by atoms with Gasteiger partial charge in [0.2, 0.25) is 31.9 Å². The molecular weight excluding hydrogens is 612 g/mol. The Labute approximate surface area is 249 Å². The number of hydrogen-bond donors (Lipinski definition) is 2. The lowest BCUT2D eigenvalue weighted by Crippen LogP contribution is -2.55. The molecule has 41 heavy (non-hydrogen) atoms. The van der Waals surface area contributed by atoms with Crippen LogP contribution in [0, 0.1) is 6.92 Å². The number of carbonyl (C=O) groups is 2. The van der Waals surface area contributed by atoms with Crippen molar-refractivity contribution in [1.29, 1.82) is 0 Å². The van der Waals surface area contributed by atoms with E-state index in [0.717, 1.165) is 11.0 Å². The maximum atomic E-state index is 13.2. The first-order valence-electron chi connectivity index (χ1n) is 13.1. The molecule has 0 aliphatic carbocycles. The molecule has 224 valence electrons. The molecule has 2 N–H and O–H groups in total. The zero-order valence-corrected chi connectivity index (χ0v) is 25.9. The highest BCUT2D eigenvalue weighted by atomic mass is 35.5. The molecule has 1 aromatic heterocycles. The maximum Gasteiger partial charge on any atom is 0.244 e. The summed E-state index contributed by atoms with van der Waals surface area (Å²) in [5.41, 5.74) is 0.763. The van der Waals surface area contributed by atoms with Gasteiger partial charge in [0.05, 0.1) is 18.0 Å². The highest BCUT2D eigenvalue weighted by Crippen LogP contribution is 2.26. The van der Waals surface area contributed by atoms with Crippen molar-refractivity contribution in [2.75, 3.05) is 33.3 Å². The third-order valence-corrected chi connectivity index (χ3v) is 10.7. The number of likely N-dealkylation sites (tertiary alicyclic amines) is 2. The van der Waals surface area contributed by atoms with Crippen molar-refractivity contribution in [3.05, 3.63) is 50.5 Å². The Kier molecular flexibility index (Phi) is 10.1. The first-order chi connectivity index (χ1) is 19.4. The molecule has 2 aliphatic heterocycles. The summed E-state index contributed by atoms with van der Waals surface area (Å²) in [6, 6.07) is 6.86. The predicted octanol–water partition coefficient (Wildman–Crippen LogP) is 2.57. The minimum atomic E-state index is -3.92. The standard InChI is InChI=1S/C26H33ClN4O7S3/c1-18-7-9-22(38-2)23(15-18)41(36,37)28-16-19-5-3-13-31(19)25(32)17-30-12-4-6-21(26(30)33)29-40(34,35)14-11-20-8-10-24(27)39-20/h7-11,14-15,19,21,28-29H,3-6,12-13,16-17H2,1-2H3/b14-11+. The summed E-state index contributed by atoms with van der Waals surface area (Å²) in [4.78, 5) is 30.0. The minimum Gasteiger partial charge on any atom is -0.495 e. The number of sulfonamides is 2. The smallest absolute Gasteiger partial charge is 0.244 e. The van der Waals surface area contributed by atoms with Crippen LogP contribution in [0.3, 0.4) is 0 Å². The molecule has 2 saturated heterocycles. The van der Waals surface area contributed by atoms with Crippen molar-refractivity contribution in [3.8, 4) is 5.75 Å². The lowest BCUT2D eigenvalue weighted by atomic mass is 10.1. The Morgan fingerprint density at radius 1 is 1.15 bits per heavy atom. The van der Waals surface area contributed by atoms with Crippen molar-refractivity contribution < 1.29 is 31.2 Å². The summed E-state index contributed by atoms with van der Waals surface area (Å²) < 4.78 is 62.0. The van der Waals surface area contributed by atoms with Crippen LogP contribution >= 0.6 is 22.9 Å². The van der Waals surface area contributed by atoms with E-state index in [2.05, 4.69) is 9.44 Å². The topological polar surface area (TPSA) is 142 Å². The minimum absolute atomic E-state index is 0.0172. The van der Waals surface area contributed by atoms with Crippen LogP contribution in [0.15, 0.2) is 40.6 Å². The van der Waals surface area contributed by atoms with Gasteiger partial charge >= 0.3 is 0 Å². The Balaban J connectivity index is 1.35. The molecular formula is C26H33ClN4O7S3. The molecule has 2 fully saturated rings. The number of hydrogen-bond acceptors (Lipinski definition) is 8. The van der Waals surface area contributed by atoms with Crippen LogP contribution in [0.4, 0.5) is 0 Å². The van der Waals surface area contributed by atoms with Crippen LogP contribution < -0.4 is 14.2 Å². The second kappa shape index (κ2) is 13.2. The van der Waals surface area contributed by atoms with Crippen molar-refractivity contribution in [2.45, 2.75) is 49.6 Å². The molecule has 0 saturated carbocycles. The third kappa shape index (κ3) is 8.08. The van der Waals surface area contributed by atoms with Crippen LogP contribution in [0.1, 0.15) is 36.1 Å². The van der Waals surface area contributed by atoms with Crippen LogP contribution in [0.25, 0.3) is 6.08 Å². The van der Waals surface area contributed by atoms with Crippen LogP contribution in [0.5, 0.6) is 5.75 Å². The normalized spacial score (nSPS) is 20.2. The van der Waals surface area contributed by atoms with E-state index in [9.17, 15) is 26.4 Å². The van der Waals surface area contributed by atoms with E-state index in [1.807, 2.05) is 0 Å². The van der Waals surface area contributed by atoms with E-state index < -0.39 is 32.0 Å². The molecule has 2 atom stereocenters. The van der Waals surface area contributed by atoms with E-state index in [1.165, 1.54) is 35.5 Å². The summed E-state index contributed by atoms with van der Waals surface area (Å²) in [7, 11) is -6.41. The number of benzene rings is 1. The van der Waals surface area contributed by atoms with Gasteiger partial charge in [-0.05, 0) is 68.5 Å². The lowest BCUT2D eigenvalue weighted by Gasteiger charge is -2.34. The second-order valence-corrected chi connectivity index (χ2v) is 15.0. The van der Waals surface area contributed by atoms with Gasteiger partial charge in [0.25, 0.3) is 0 Å². The predicted molar refractivity (Wildman–Crippen MR) is 158 cm³/mol. The quantitative estimate of drug-likeness (QED) is 0.383. The van der Waals surface area contributed by atoms with E-state index >= 15 is 0 Å². The number of carbonyl (C=O) groups excluding carboxylic acids is 2. The van der Waals surface area contributed by atoms with Gasteiger partial charge in [0.1, 0.15) is 16.7 Å². The van der Waals surface area contributed by atoms with Gasteiger partial charge in [-0.3, -0.25) is 9.59 Å². The van der Waals surface area contributed by atoms with Crippen molar-refractivity contribution in [2.24, 2.45) is 0 Å². The number of aryl methyl sites for hydroxylation is 1. The highest BCUT2D eigenvalue weighted by Gasteiger charge is 2.36. The number of amides is 2. The molecule has 2 aromatic rings. The van der Waals surface area contributed by atoms with Gasteiger partial charge < -0.3 is 14.5 Å². The van der Waals surface area contributed by atoms with Crippen molar-refractivity contribution in [1.82, 2.24) is 19.2 Å². The molecule has 2 aliphatic rings. The summed E-state index contributed by atoms with van der Waals surface area (Å²) in [5, 5.41) is 0.995. The van der Waals surface area contributed by atoms with Gasteiger partial charge in [-0.1, -0.05) is 17.7 Å². The lowest BCUT2D eigenvalue weighted by molar-refractivity contribution is -0.143. The monoisotopic (exact) mass is 644 g/mol. The van der Waals surface area contributed by atoms with E-state index in [0.29, 0.717) is 48.0 Å². The van der Waals surface area contributed by atoms with E-state index in [4.69, 9.17) is 16.3 Å². The van der Waals surface area contributed by atoms with Crippen LogP contribution in [-0.2, 0) is 29.6 Å². The van der Waals surface area contributed by atoms with E-state index in [-0.39, 0.29) is 35.7 Å². The summed E-state index contributed by atoms with van der Waals surface area (Å²) in [6.07, 6.45) is 3.56. The molecule has 2 amide bonds. The van der Waals surface area contributed by atoms with Gasteiger partial charge in [-0.25, -0.2) is 21.6 Å². The number of ether oxygens (including phenoxy) is 1. The zero-order valence-electron chi connectivity index (χ0n) is 22.7. The summed E-state index contributed by atoms with van der Waals surface area (Å²) in [5.74, 6) is -0.558. The molecule has 2 unspecified atom stereocenters. The van der Waals surface area contributed by atoms with Gasteiger partial charge in [0.15, 0.2) is 0 Å². The molecule has 0 radical (unpaired) electrons. The fourth-order valence-corrected chi connectivity index (χ4v) is 8.32. The molecule has 1 aromatic carbocycles. The fourth-order valence-electron chi connectivity index (χ4n) is 4.93. The third-order valence-electron chi connectivity index (χ3n) is 6.98. The molecule has 15 heteroatoms. The number of piperidine rings is 1. The first-order valence-corrected chi connectivity index (χ1v) is 17.3. The number of methoxy groups -OCH3 is 1. The summed E-state index contributed by atoms with van der Waals surface area (Å²) in [6.45, 7) is 2.35. The highest BCUT2D eigenvalue weighted by molar-refractivity contribution is 7.92. The number of rotatable bonds is 11. The average molecular weight is 645 g/mol. The van der Waals surface area contributed by atoms with Crippen LogP contribution in [-0.4, -0.2) is 83.8 Å². The largest absolute Gasteiger partial charge is 0.495 e. The Bertz CT molecular complexity index is 1520. The number of halogens is 1. The SMILES string of the molecule is COc1ccc(C)cc1S(=O)(=O)NCC1CCCN1C(=O)CN1CCCC(NS(=O)(=O)/C=C/c2ccc(Cl)s2)C1=O. The van der Waals surface area contributed by atoms with Crippen molar-refractivity contribution >= 4 is 60.9 Å². The van der Waals surface area contributed by atoms with Gasteiger partial charge in [0, 0.05) is 36.0 Å². The molecule has 3 heterocycles. The fraction of sp³-hybridized carbons (Fsp3) is 0.462. The second-order valence-electron chi connectivity index (χ2n) is 9.95. The van der Waals surface area contributed by atoms with Crippen LogP contribution in [0.2, 0.25) is 4.34 Å². The van der Waals surface area contributed by atoms with Gasteiger partial charge in [-0.2, -0.15) is 4.72 Å². The number of nitrogens with zero attached hydrogens (tertiary/aromatic N) is 2. The molecule has 4 rings (SSSR count). The Morgan fingerprint density at radius 2 is 1.90 bits per heavy atom. The summed E-state index contributed by atoms with van der Waals surface area (Å²) >= 11 is 7.11. The van der Waals surface area contributed by atoms with Crippen molar-refractivity contribution in [3.63, 3.8) is 0 Å². The van der Waals surface area contributed by atoms with Gasteiger partial charge in [-0.15, -0.1) is 11.3 Å². The molecule has 0 spiro atoms. The number of thiophene rings is 1. The number of nitrogens with one attached hydrogen (secondary N) is 2. The molecule has 0 bridgehead atoms. The molecule has 11 nitrogen and oxygen atoms in total.